The van der Waals surface area contributed by atoms with Gasteiger partial charge in [-0.05, 0) is 61.4 Å². The summed E-state index contributed by atoms with van der Waals surface area (Å²) in [6.07, 6.45) is -0.464. The van der Waals surface area contributed by atoms with E-state index in [4.69, 9.17) is 27.9 Å². The zero-order valence-corrected chi connectivity index (χ0v) is 20.2. The molecule has 0 saturated carbocycles. The molecule has 0 fully saturated rings. The first-order valence-corrected chi connectivity index (χ1v) is 11.5. The third-order valence-corrected chi connectivity index (χ3v) is 6.16. The minimum Gasteiger partial charge on any atom is -0.457 e. The molecule has 0 aliphatic carbocycles. The van der Waals surface area contributed by atoms with Crippen molar-refractivity contribution in [1.82, 2.24) is 5.01 Å². The molecule has 1 aliphatic rings. The molecule has 1 N–H and O–H groups in total. The van der Waals surface area contributed by atoms with Crippen LogP contribution in [0.15, 0.2) is 84.0 Å². The zero-order valence-electron chi connectivity index (χ0n) is 18.7. The van der Waals surface area contributed by atoms with E-state index in [9.17, 15) is 9.59 Å². The summed E-state index contributed by atoms with van der Waals surface area (Å²) in [5.74, 6) is -0.473. The van der Waals surface area contributed by atoms with Gasteiger partial charge in [0, 0.05) is 15.7 Å². The predicted octanol–water partition coefficient (Wildman–Crippen LogP) is 6.56. The molecule has 2 amide bonds. The molecular formula is C26H23Cl2N3O3. The lowest BCUT2D eigenvalue weighted by atomic mass is 9.82. The Kier molecular flexibility index (Phi) is 6.91. The van der Waals surface area contributed by atoms with Gasteiger partial charge < -0.3 is 10.1 Å². The molecule has 6 nitrogen and oxygen atoms in total. The molecule has 2 atom stereocenters. The van der Waals surface area contributed by atoms with E-state index in [-0.39, 0.29) is 6.54 Å². The molecule has 0 bridgehead atoms. The number of esters is 1. The maximum Gasteiger partial charge on any atom is 0.342 e. The van der Waals surface area contributed by atoms with Crippen LogP contribution >= 0.6 is 23.2 Å². The van der Waals surface area contributed by atoms with E-state index in [1.165, 1.54) is 5.01 Å². The summed E-state index contributed by atoms with van der Waals surface area (Å²) in [6.45, 7) is 3.57. The molecule has 1 aliphatic heterocycles. The van der Waals surface area contributed by atoms with Crippen molar-refractivity contribution < 1.29 is 14.3 Å². The van der Waals surface area contributed by atoms with Gasteiger partial charge in [-0.1, -0.05) is 65.7 Å². The number of halogens is 2. The van der Waals surface area contributed by atoms with Crippen LogP contribution in [0.3, 0.4) is 0 Å². The topological polar surface area (TPSA) is 71.0 Å². The van der Waals surface area contributed by atoms with E-state index < -0.39 is 23.5 Å². The van der Waals surface area contributed by atoms with Gasteiger partial charge in [0.25, 0.3) is 0 Å². The zero-order chi connectivity index (χ0) is 24.3. The second kappa shape index (κ2) is 9.87. The van der Waals surface area contributed by atoms with Crippen LogP contribution < -0.4 is 5.32 Å². The first-order chi connectivity index (χ1) is 16.3. The fraction of sp³-hybridized carbons (Fsp3) is 0.192. The predicted molar refractivity (Wildman–Crippen MR) is 134 cm³/mol. The number of carbonyl (C=O) groups excluding carboxylic acids is 2. The van der Waals surface area contributed by atoms with Crippen LogP contribution in [-0.2, 0) is 9.53 Å². The van der Waals surface area contributed by atoms with Gasteiger partial charge in [-0.25, -0.2) is 9.80 Å². The van der Waals surface area contributed by atoms with Crippen molar-refractivity contribution >= 4 is 46.6 Å². The van der Waals surface area contributed by atoms with E-state index in [1.54, 1.807) is 55.5 Å². The van der Waals surface area contributed by atoms with Gasteiger partial charge in [0.1, 0.15) is 11.5 Å². The molecule has 0 saturated heterocycles. The van der Waals surface area contributed by atoms with Crippen LogP contribution in [-0.4, -0.2) is 29.3 Å². The Morgan fingerprint density at radius 2 is 1.56 bits per heavy atom. The number of hydrogen-bond donors (Lipinski definition) is 1. The maximum absolute atomic E-state index is 13.5. The number of rotatable bonds is 5. The summed E-state index contributed by atoms with van der Waals surface area (Å²) in [5.41, 5.74) is 1.36. The Bertz CT molecular complexity index is 1210. The SMILES string of the molecule is C[C@@H](OC(=O)[C@]1(C)CN(C(=O)Nc2ccc(Cl)cc2)N=C1c1ccc(Cl)cc1)c1ccccc1. The Morgan fingerprint density at radius 1 is 0.971 bits per heavy atom. The quantitative estimate of drug-likeness (QED) is 0.407. The van der Waals surface area contributed by atoms with Gasteiger partial charge in [-0.3, -0.25) is 4.79 Å². The van der Waals surface area contributed by atoms with Crippen molar-refractivity contribution in [2.45, 2.75) is 20.0 Å². The van der Waals surface area contributed by atoms with E-state index in [1.807, 2.05) is 37.3 Å². The van der Waals surface area contributed by atoms with Crippen LogP contribution in [0.1, 0.15) is 31.1 Å². The van der Waals surface area contributed by atoms with Gasteiger partial charge in [0.15, 0.2) is 0 Å². The highest BCUT2D eigenvalue weighted by Crippen LogP contribution is 2.35. The normalized spacial score (nSPS) is 18.2. The van der Waals surface area contributed by atoms with E-state index >= 15 is 0 Å². The van der Waals surface area contributed by atoms with Gasteiger partial charge in [0.05, 0.1) is 12.3 Å². The number of amides is 2. The lowest BCUT2D eigenvalue weighted by molar-refractivity contribution is -0.156. The van der Waals surface area contributed by atoms with Crippen molar-refractivity contribution in [1.29, 1.82) is 0 Å². The summed E-state index contributed by atoms with van der Waals surface area (Å²) in [6, 6.07) is 22.7. The summed E-state index contributed by atoms with van der Waals surface area (Å²) >= 11 is 12.0. The van der Waals surface area contributed by atoms with Crippen molar-refractivity contribution in [2.75, 3.05) is 11.9 Å². The fourth-order valence-electron chi connectivity index (χ4n) is 3.71. The van der Waals surface area contributed by atoms with Crippen LogP contribution in [0, 0.1) is 5.41 Å². The van der Waals surface area contributed by atoms with Gasteiger partial charge >= 0.3 is 12.0 Å². The van der Waals surface area contributed by atoms with E-state index in [2.05, 4.69) is 10.4 Å². The average Bonchev–Trinajstić information content (AvgIpc) is 3.20. The molecule has 34 heavy (non-hydrogen) atoms. The molecule has 3 aromatic carbocycles. The Hall–Kier alpha value is -3.35. The van der Waals surface area contributed by atoms with Gasteiger partial charge in [-0.2, -0.15) is 5.10 Å². The maximum atomic E-state index is 13.5. The second-order valence-electron chi connectivity index (χ2n) is 8.24. The van der Waals surface area contributed by atoms with E-state index in [0.717, 1.165) is 5.56 Å². The number of hydrogen-bond acceptors (Lipinski definition) is 4. The standard InChI is InChI=1S/C26H23Cl2N3O3/c1-17(18-6-4-3-5-7-18)34-24(32)26(2)16-31(25(33)29-22-14-12-21(28)13-15-22)30-23(26)19-8-10-20(27)11-9-19/h3-15,17H,16H2,1-2H3,(H,29,33)/t17-,26-/m1/s1. The second-order valence-corrected chi connectivity index (χ2v) is 9.11. The largest absolute Gasteiger partial charge is 0.457 e. The van der Waals surface area contributed by atoms with Crippen LogP contribution in [0.25, 0.3) is 0 Å². The molecule has 1 heterocycles. The molecule has 4 rings (SSSR count). The highest BCUT2D eigenvalue weighted by atomic mass is 35.5. The van der Waals surface area contributed by atoms with Crippen molar-refractivity contribution in [3.8, 4) is 0 Å². The number of hydrazone groups is 1. The van der Waals surface area contributed by atoms with Crippen LogP contribution in [0.4, 0.5) is 10.5 Å². The third kappa shape index (κ3) is 5.08. The monoisotopic (exact) mass is 495 g/mol. The number of benzene rings is 3. The Morgan fingerprint density at radius 3 is 2.18 bits per heavy atom. The molecular weight excluding hydrogens is 473 g/mol. The molecule has 3 aromatic rings. The summed E-state index contributed by atoms with van der Waals surface area (Å²) < 4.78 is 5.84. The fourth-order valence-corrected chi connectivity index (χ4v) is 3.96. The first-order valence-electron chi connectivity index (χ1n) is 10.7. The molecule has 8 heteroatoms. The Balaban J connectivity index is 1.61. The average molecular weight is 496 g/mol. The number of ether oxygens (including phenoxy) is 1. The highest BCUT2D eigenvalue weighted by Gasteiger charge is 2.49. The van der Waals surface area contributed by atoms with Gasteiger partial charge in [-0.15, -0.1) is 0 Å². The summed E-state index contributed by atoms with van der Waals surface area (Å²) in [4.78, 5) is 26.4. The molecule has 0 aromatic heterocycles. The Labute approximate surface area is 208 Å². The first kappa shape index (κ1) is 23.8. The molecule has 0 unspecified atom stereocenters. The lowest BCUT2D eigenvalue weighted by Crippen LogP contribution is -2.42. The van der Waals surface area contributed by atoms with Crippen molar-refractivity contribution in [3.63, 3.8) is 0 Å². The summed E-state index contributed by atoms with van der Waals surface area (Å²) in [7, 11) is 0. The number of anilines is 1. The molecule has 174 valence electrons. The highest BCUT2D eigenvalue weighted by molar-refractivity contribution is 6.31. The molecule has 0 radical (unpaired) electrons. The minimum atomic E-state index is -1.19. The smallest absolute Gasteiger partial charge is 0.342 e. The van der Waals surface area contributed by atoms with Crippen LogP contribution in [0.5, 0.6) is 0 Å². The number of carbonyl (C=O) groups is 2. The number of nitrogens with zero attached hydrogens (tertiary/aromatic N) is 2. The lowest BCUT2D eigenvalue weighted by Gasteiger charge is -2.26. The van der Waals surface area contributed by atoms with E-state index in [0.29, 0.717) is 27.0 Å². The summed E-state index contributed by atoms with van der Waals surface area (Å²) in [5, 5.41) is 9.67. The van der Waals surface area contributed by atoms with Crippen molar-refractivity contribution in [3.05, 3.63) is 100 Å². The van der Waals surface area contributed by atoms with Crippen LogP contribution in [0.2, 0.25) is 10.0 Å². The minimum absolute atomic E-state index is 0.0186. The van der Waals surface area contributed by atoms with Crippen molar-refractivity contribution in [2.24, 2.45) is 10.5 Å². The molecule has 0 spiro atoms. The number of nitrogens with one attached hydrogen (secondary N) is 1. The number of urea groups is 1. The third-order valence-electron chi connectivity index (χ3n) is 5.66. The van der Waals surface area contributed by atoms with Gasteiger partial charge in [0.2, 0.25) is 0 Å².